The van der Waals surface area contributed by atoms with Gasteiger partial charge in [-0.2, -0.15) is 4.31 Å². The first kappa shape index (κ1) is 26.3. The molecule has 1 N–H and O–H groups in total. The number of ether oxygens (including phenoxy) is 1. The molecule has 0 unspecified atom stereocenters. The minimum Gasteiger partial charge on any atom is -0.394 e. The lowest BCUT2D eigenvalue weighted by molar-refractivity contribution is -0.136. The SMILES string of the molecule is Cc1noc(C)c1S(=O)(=O)N(C)C[C@H]1OCc2cn(nn2)CCCC(=O)N([C@@H](C)CO)C[C@H]1C. The summed E-state index contributed by atoms with van der Waals surface area (Å²) in [6.07, 6.45) is 2.10. The summed E-state index contributed by atoms with van der Waals surface area (Å²) in [5.74, 6) is -0.0992. The molecule has 2 bridgehead atoms. The molecule has 1 amide bonds. The molecular weight excluding hydrogens is 464 g/mol. The van der Waals surface area contributed by atoms with Crippen molar-refractivity contribution >= 4 is 15.9 Å². The third-order valence-electron chi connectivity index (χ3n) is 6.12. The van der Waals surface area contributed by atoms with Gasteiger partial charge in [0.15, 0.2) is 5.76 Å². The maximum Gasteiger partial charge on any atom is 0.248 e. The second-order valence-corrected chi connectivity index (χ2v) is 10.9. The van der Waals surface area contributed by atoms with Crippen LogP contribution in [0.25, 0.3) is 0 Å². The summed E-state index contributed by atoms with van der Waals surface area (Å²) in [6, 6.07) is -0.373. The van der Waals surface area contributed by atoms with Gasteiger partial charge in [0.2, 0.25) is 15.9 Å². The van der Waals surface area contributed by atoms with Crippen LogP contribution in [-0.2, 0) is 32.7 Å². The first-order valence-electron chi connectivity index (χ1n) is 11.3. The van der Waals surface area contributed by atoms with E-state index in [1.807, 2.05) is 6.92 Å². The fraction of sp³-hybridized carbons (Fsp3) is 0.714. The Kier molecular flexibility index (Phi) is 8.44. The Labute approximate surface area is 199 Å². The highest BCUT2D eigenvalue weighted by Crippen LogP contribution is 2.24. The van der Waals surface area contributed by atoms with E-state index in [-0.39, 0.29) is 48.3 Å². The molecule has 0 aromatic carbocycles. The van der Waals surface area contributed by atoms with Gasteiger partial charge >= 0.3 is 0 Å². The van der Waals surface area contributed by atoms with Crippen LogP contribution in [0, 0.1) is 19.8 Å². The number of aliphatic hydroxyl groups excluding tert-OH is 1. The van der Waals surface area contributed by atoms with Gasteiger partial charge in [-0.3, -0.25) is 9.48 Å². The summed E-state index contributed by atoms with van der Waals surface area (Å²) in [5.41, 5.74) is 0.915. The van der Waals surface area contributed by atoms with Crippen LogP contribution in [0.2, 0.25) is 0 Å². The van der Waals surface area contributed by atoms with E-state index in [1.54, 1.807) is 36.5 Å². The fourth-order valence-corrected chi connectivity index (χ4v) is 5.51. The molecule has 3 heterocycles. The van der Waals surface area contributed by atoms with Crippen molar-refractivity contribution in [3.05, 3.63) is 23.3 Å². The van der Waals surface area contributed by atoms with Crippen molar-refractivity contribution in [3.8, 4) is 0 Å². The number of sulfonamides is 1. The van der Waals surface area contributed by atoms with Crippen LogP contribution in [-0.4, -0.2) is 87.7 Å². The molecule has 3 rings (SSSR count). The second-order valence-electron chi connectivity index (χ2n) is 8.92. The molecule has 2 aromatic rings. The Morgan fingerprint density at radius 2 is 2.09 bits per heavy atom. The highest BCUT2D eigenvalue weighted by Gasteiger charge is 2.33. The van der Waals surface area contributed by atoms with E-state index >= 15 is 0 Å². The van der Waals surface area contributed by atoms with Crippen LogP contribution in [0.3, 0.4) is 0 Å². The Bertz CT molecular complexity index is 1060. The minimum absolute atomic E-state index is 0.0389. The number of carbonyl (C=O) groups excluding carboxylic acids is 1. The third-order valence-corrected chi connectivity index (χ3v) is 8.19. The molecule has 13 heteroatoms. The number of rotatable bonds is 6. The zero-order chi connectivity index (χ0) is 25.0. The van der Waals surface area contributed by atoms with Crippen molar-refractivity contribution in [1.82, 2.24) is 29.4 Å². The van der Waals surface area contributed by atoms with E-state index in [2.05, 4.69) is 15.5 Å². The van der Waals surface area contributed by atoms with Crippen molar-refractivity contribution < 1.29 is 27.6 Å². The highest BCUT2D eigenvalue weighted by atomic mass is 32.2. The first-order chi connectivity index (χ1) is 16.0. The summed E-state index contributed by atoms with van der Waals surface area (Å²) < 4.78 is 40.6. The van der Waals surface area contributed by atoms with Gasteiger partial charge in [0.1, 0.15) is 16.3 Å². The van der Waals surface area contributed by atoms with Crippen molar-refractivity contribution in [2.75, 3.05) is 26.7 Å². The van der Waals surface area contributed by atoms with E-state index in [0.717, 1.165) is 0 Å². The Balaban J connectivity index is 1.88. The topological polar surface area (TPSA) is 144 Å². The monoisotopic (exact) mass is 498 g/mol. The van der Waals surface area contributed by atoms with E-state index in [1.165, 1.54) is 11.4 Å². The lowest BCUT2D eigenvalue weighted by Gasteiger charge is -2.35. The molecule has 2 aromatic heterocycles. The lowest BCUT2D eigenvalue weighted by Crippen LogP contribution is -2.47. The maximum atomic E-state index is 13.3. The molecular formula is C21H34N6O6S. The molecule has 1 aliphatic rings. The predicted octanol–water partition coefficient (Wildman–Crippen LogP) is 0.728. The third kappa shape index (κ3) is 5.82. The number of carbonyl (C=O) groups is 1. The molecule has 0 spiro atoms. The Hall–Kier alpha value is -2.35. The average Bonchev–Trinajstić information content (AvgIpc) is 3.39. The van der Waals surface area contributed by atoms with Gasteiger partial charge in [-0.25, -0.2) is 8.42 Å². The molecule has 34 heavy (non-hydrogen) atoms. The molecule has 0 saturated carbocycles. The summed E-state index contributed by atoms with van der Waals surface area (Å²) in [6.45, 7) is 7.70. The minimum atomic E-state index is -3.88. The van der Waals surface area contributed by atoms with Crippen molar-refractivity contribution in [2.24, 2.45) is 5.92 Å². The number of fused-ring (bicyclic) bond motifs is 2. The molecule has 190 valence electrons. The summed E-state index contributed by atoms with van der Waals surface area (Å²) in [4.78, 5) is 14.6. The predicted molar refractivity (Wildman–Crippen MR) is 121 cm³/mol. The number of nitrogens with zero attached hydrogens (tertiary/aromatic N) is 6. The molecule has 1 aliphatic heterocycles. The molecule has 0 aliphatic carbocycles. The number of aliphatic hydroxyl groups is 1. The molecule has 12 nitrogen and oxygen atoms in total. The standard InChI is InChI=1S/C21H34N6O6S/c1-14-9-27(15(2)12-28)20(29)7-6-8-26-10-18(22-24-26)13-32-19(14)11-25(5)34(30,31)21-16(3)23-33-17(21)4/h10,14-15,19,28H,6-9,11-13H2,1-5H3/t14-,15+,19-/m1/s1. The summed E-state index contributed by atoms with van der Waals surface area (Å²) >= 11 is 0. The smallest absolute Gasteiger partial charge is 0.248 e. The largest absolute Gasteiger partial charge is 0.394 e. The maximum absolute atomic E-state index is 13.3. The van der Waals surface area contributed by atoms with Gasteiger partial charge in [-0.15, -0.1) is 5.10 Å². The normalized spacial score (nSPS) is 21.7. The zero-order valence-corrected chi connectivity index (χ0v) is 21.2. The number of aryl methyl sites for hydroxylation is 3. The number of hydrogen-bond donors (Lipinski definition) is 1. The van der Waals surface area contributed by atoms with Crippen LogP contribution in [0.4, 0.5) is 0 Å². The Morgan fingerprint density at radius 1 is 1.35 bits per heavy atom. The van der Waals surface area contributed by atoms with Crippen molar-refractivity contribution in [1.29, 1.82) is 0 Å². The molecule has 0 radical (unpaired) electrons. The second kappa shape index (κ2) is 10.9. The molecule has 0 fully saturated rings. The number of aromatic nitrogens is 4. The van der Waals surface area contributed by atoms with Gasteiger partial charge in [-0.1, -0.05) is 17.3 Å². The number of amides is 1. The Morgan fingerprint density at radius 3 is 2.74 bits per heavy atom. The van der Waals surface area contributed by atoms with Crippen molar-refractivity contribution in [2.45, 2.75) is 70.7 Å². The van der Waals surface area contributed by atoms with Gasteiger partial charge in [0, 0.05) is 39.0 Å². The van der Waals surface area contributed by atoms with Gasteiger partial charge in [-0.05, 0) is 27.2 Å². The summed E-state index contributed by atoms with van der Waals surface area (Å²) in [5, 5.41) is 21.7. The van der Waals surface area contributed by atoms with E-state index in [4.69, 9.17) is 9.26 Å². The number of hydrogen-bond acceptors (Lipinski definition) is 9. The lowest BCUT2D eigenvalue weighted by atomic mass is 10.0. The van der Waals surface area contributed by atoms with Crippen LogP contribution in [0.1, 0.15) is 43.8 Å². The van der Waals surface area contributed by atoms with Gasteiger partial charge in [0.05, 0.1) is 31.6 Å². The first-order valence-corrected chi connectivity index (χ1v) is 12.8. The number of likely N-dealkylation sites (N-methyl/N-ethyl adjacent to an activating group) is 1. The van der Waals surface area contributed by atoms with E-state index in [0.29, 0.717) is 37.3 Å². The average molecular weight is 499 g/mol. The van der Waals surface area contributed by atoms with Crippen LogP contribution in [0.5, 0.6) is 0 Å². The van der Waals surface area contributed by atoms with Gasteiger partial charge < -0.3 is 19.3 Å². The highest BCUT2D eigenvalue weighted by molar-refractivity contribution is 7.89. The van der Waals surface area contributed by atoms with E-state index < -0.39 is 16.1 Å². The quantitative estimate of drug-likeness (QED) is 0.609. The van der Waals surface area contributed by atoms with Crippen LogP contribution >= 0.6 is 0 Å². The van der Waals surface area contributed by atoms with Crippen LogP contribution in [0.15, 0.2) is 15.6 Å². The fourth-order valence-electron chi connectivity index (χ4n) is 4.04. The van der Waals surface area contributed by atoms with Crippen LogP contribution < -0.4 is 0 Å². The van der Waals surface area contributed by atoms with Crippen molar-refractivity contribution in [3.63, 3.8) is 0 Å². The van der Waals surface area contributed by atoms with Gasteiger partial charge in [0.25, 0.3) is 0 Å². The molecule has 3 atom stereocenters. The zero-order valence-electron chi connectivity index (χ0n) is 20.3. The van der Waals surface area contributed by atoms with E-state index in [9.17, 15) is 18.3 Å². The molecule has 0 saturated heterocycles. The summed E-state index contributed by atoms with van der Waals surface area (Å²) in [7, 11) is -2.40.